The van der Waals surface area contributed by atoms with Crippen LogP contribution < -0.4 is 0 Å². The third-order valence-corrected chi connectivity index (χ3v) is 4.66. The van der Waals surface area contributed by atoms with Gasteiger partial charge in [-0.1, -0.05) is 23.2 Å². The van der Waals surface area contributed by atoms with E-state index >= 15 is 0 Å². The first kappa shape index (κ1) is 14.2. The first-order chi connectivity index (χ1) is 12.3. The number of benzene rings is 1. The van der Waals surface area contributed by atoms with E-state index in [2.05, 4.69) is 20.5 Å². The maximum absolute atomic E-state index is 9.70. The molecule has 0 unspecified atom stereocenters. The maximum atomic E-state index is 9.70. The number of furan rings is 1. The van der Waals surface area contributed by atoms with Crippen LogP contribution >= 0.6 is 0 Å². The van der Waals surface area contributed by atoms with Crippen molar-refractivity contribution in [1.82, 2.24) is 25.1 Å². The van der Waals surface area contributed by atoms with Gasteiger partial charge < -0.3 is 14.0 Å². The molecule has 0 atom stereocenters. The van der Waals surface area contributed by atoms with E-state index in [1.807, 2.05) is 22.9 Å². The van der Waals surface area contributed by atoms with Gasteiger partial charge in [-0.15, -0.1) is 5.10 Å². The maximum Gasteiger partial charge on any atom is 0.258 e. The highest BCUT2D eigenvalue weighted by Gasteiger charge is 2.21. The van der Waals surface area contributed by atoms with Crippen LogP contribution in [0.25, 0.3) is 34.1 Å². The second-order valence-electron chi connectivity index (χ2n) is 6.23. The van der Waals surface area contributed by atoms with Crippen molar-refractivity contribution in [3.63, 3.8) is 0 Å². The van der Waals surface area contributed by atoms with Crippen molar-refractivity contribution in [3.8, 4) is 28.8 Å². The van der Waals surface area contributed by atoms with E-state index in [9.17, 15) is 5.11 Å². The summed E-state index contributed by atoms with van der Waals surface area (Å²) in [5.41, 5.74) is 2.56. The van der Waals surface area contributed by atoms with Crippen LogP contribution in [0.4, 0.5) is 0 Å². The van der Waals surface area contributed by atoms with Crippen LogP contribution in [0.2, 0.25) is 0 Å². The highest BCUT2D eigenvalue weighted by molar-refractivity contribution is 5.80. The molecular weight excluding hydrogens is 322 g/mol. The Bertz CT molecular complexity index is 1040. The van der Waals surface area contributed by atoms with E-state index in [0.29, 0.717) is 11.9 Å². The summed E-state index contributed by atoms with van der Waals surface area (Å²) < 4.78 is 12.5. The summed E-state index contributed by atoms with van der Waals surface area (Å²) in [6, 6.07) is 7.65. The van der Waals surface area contributed by atoms with Crippen molar-refractivity contribution in [2.75, 3.05) is 0 Å². The molecule has 1 aliphatic rings. The van der Waals surface area contributed by atoms with Gasteiger partial charge in [0.2, 0.25) is 11.6 Å². The topological polar surface area (TPSA) is 103 Å². The lowest BCUT2D eigenvalue weighted by Gasteiger charge is -2.09. The number of aromatic hydroxyl groups is 1. The average Bonchev–Trinajstić information content (AvgIpc) is 3.39. The molecular formula is C17H15N5O3. The monoisotopic (exact) mass is 337 g/mol. The van der Waals surface area contributed by atoms with Crippen molar-refractivity contribution in [1.29, 1.82) is 0 Å². The van der Waals surface area contributed by atoms with Crippen molar-refractivity contribution >= 4 is 11.0 Å². The van der Waals surface area contributed by atoms with Crippen LogP contribution in [0.3, 0.4) is 0 Å². The summed E-state index contributed by atoms with van der Waals surface area (Å²) in [5.74, 6) is 0.695. The predicted molar refractivity (Wildman–Crippen MR) is 87.7 cm³/mol. The molecule has 0 spiro atoms. The Labute approximate surface area is 142 Å². The second-order valence-corrected chi connectivity index (χ2v) is 6.23. The molecule has 1 aliphatic carbocycles. The summed E-state index contributed by atoms with van der Waals surface area (Å²) in [6.07, 6.45) is 6.16. The Hall–Kier alpha value is -3.16. The molecule has 5 rings (SSSR count). The van der Waals surface area contributed by atoms with Crippen molar-refractivity contribution in [2.24, 2.45) is 0 Å². The minimum absolute atomic E-state index is 0.0256. The van der Waals surface area contributed by atoms with Gasteiger partial charge in [-0.2, -0.15) is 4.98 Å². The molecule has 1 aromatic carbocycles. The minimum atomic E-state index is -0.0256. The molecule has 25 heavy (non-hydrogen) atoms. The number of nitrogens with zero attached hydrogens (tertiary/aromatic N) is 5. The Morgan fingerprint density at radius 1 is 1.16 bits per heavy atom. The van der Waals surface area contributed by atoms with Crippen LogP contribution in [0.1, 0.15) is 31.7 Å². The van der Waals surface area contributed by atoms with Gasteiger partial charge >= 0.3 is 0 Å². The van der Waals surface area contributed by atoms with Crippen LogP contribution in [0, 0.1) is 0 Å². The van der Waals surface area contributed by atoms with Gasteiger partial charge in [0.25, 0.3) is 5.89 Å². The normalized spacial score (nSPS) is 15.4. The molecule has 1 saturated carbocycles. The van der Waals surface area contributed by atoms with Crippen LogP contribution in [0.5, 0.6) is 5.75 Å². The lowest BCUT2D eigenvalue weighted by Crippen LogP contribution is -2.06. The molecule has 0 bridgehead atoms. The van der Waals surface area contributed by atoms with E-state index in [1.165, 1.54) is 25.2 Å². The molecule has 0 radical (unpaired) electrons. The number of hydrogen-bond donors (Lipinski definition) is 1. The fourth-order valence-corrected chi connectivity index (χ4v) is 3.40. The number of aromatic nitrogens is 5. The standard InChI is InChI=1S/C17H15N5O3/c23-14-7-8-24-15(14)16-18-17(25-20-16)10-5-6-13-12(9-10)19-21-22(13)11-3-1-2-4-11/h5-9,11,23H,1-4H2. The number of rotatable bonds is 3. The molecule has 0 aliphatic heterocycles. The second kappa shape index (κ2) is 5.44. The highest BCUT2D eigenvalue weighted by atomic mass is 16.5. The zero-order valence-corrected chi connectivity index (χ0v) is 13.3. The van der Waals surface area contributed by atoms with Gasteiger partial charge in [0, 0.05) is 11.6 Å². The molecule has 0 saturated heterocycles. The average molecular weight is 337 g/mol. The van der Waals surface area contributed by atoms with Crippen LogP contribution in [0.15, 0.2) is 39.5 Å². The summed E-state index contributed by atoms with van der Waals surface area (Å²) in [4.78, 5) is 4.29. The number of fused-ring (bicyclic) bond motifs is 1. The van der Waals surface area contributed by atoms with Crippen molar-refractivity contribution in [3.05, 3.63) is 30.5 Å². The van der Waals surface area contributed by atoms with Crippen LogP contribution in [-0.2, 0) is 0 Å². The molecule has 3 heterocycles. The fraction of sp³-hybridized carbons (Fsp3) is 0.294. The lowest BCUT2D eigenvalue weighted by atomic mass is 10.2. The number of hydrogen-bond acceptors (Lipinski definition) is 7. The fourth-order valence-electron chi connectivity index (χ4n) is 3.40. The smallest absolute Gasteiger partial charge is 0.258 e. The highest BCUT2D eigenvalue weighted by Crippen LogP contribution is 2.33. The Balaban J connectivity index is 1.51. The largest absolute Gasteiger partial charge is 0.504 e. The van der Waals surface area contributed by atoms with Gasteiger partial charge in [0.15, 0.2) is 5.75 Å². The van der Waals surface area contributed by atoms with E-state index in [4.69, 9.17) is 8.94 Å². The molecule has 126 valence electrons. The lowest BCUT2D eigenvalue weighted by molar-refractivity contribution is 0.426. The minimum Gasteiger partial charge on any atom is -0.504 e. The van der Waals surface area contributed by atoms with E-state index in [0.717, 1.165) is 29.4 Å². The van der Waals surface area contributed by atoms with Crippen LogP contribution in [-0.4, -0.2) is 30.2 Å². The molecule has 1 fully saturated rings. The van der Waals surface area contributed by atoms with Gasteiger partial charge in [0.1, 0.15) is 5.52 Å². The summed E-state index contributed by atoms with van der Waals surface area (Å²) in [6.45, 7) is 0. The van der Waals surface area contributed by atoms with Crippen molar-refractivity contribution in [2.45, 2.75) is 31.7 Å². The molecule has 1 N–H and O–H groups in total. The first-order valence-corrected chi connectivity index (χ1v) is 8.25. The Morgan fingerprint density at radius 2 is 2.04 bits per heavy atom. The third-order valence-electron chi connectivity index (χ3n) is 4.66. The summed E-state index contributed by atoms with van der Waals surface area (Å²) in [7, 11) is 0. The van der Waals surface area contributed by atoms with E-state index in [-0.39, 0.29) is 17.3 Å². The zero-order valence-electron chi connectivity index (χ0n) is 13.3. The molecule has 4 aromatic rings. The van der Waals surface area contributed by atoms with E-state index < -0.39 is 0 Å². The summed E-state index contributed by atoms with van der Waals surface area (Å²) >= 11 is 0. The predicted octanol–water partition coefficient (Wildman–Crippen LogP) is 3.56. The van der Waals surface area contributed by atoms with Gasteiger partial charge in [-0.05, 0) is 31.0 Å². The third kappa shape index (κ3) is 2.29. The molecule has 3 aromatic heterocycles. The summed E-state index contributed by atoms with van der Waals surface area (Å²) in [5, 5.41) is 22.2. The van der Waals surface area contributed by atoms with E-state index in [1.54, 1.807) is 0 Å². The first-order valence-electron chi connectivity index (χ1n) is 8.25. The Morgan fingerprint density at radius 3 is 2.84 bits per heavy atom. The molecule has 8 heteroatoms. The quantitative estimate of drug-likeness (QED) is 0.609. The van der Waals surface area contributed by atoms with Gasteiger partial charge in [-0.3, -0.25) is 0 Å². The van der Waals surface area contributed by atoms with Gasteiger partial charge in [0.05, 0.1) is 17.8 Å². The molecule has 8 nitrogen and oxygen atoms in total. The SMILES string of the molecule is Oc1ccoc1-c1noc(-c2ccc3c(c2)nnn3C2CCCC2)n1. The Kier molecular flexibility index (Phi) is 3.09. The van der Waals surface area contributed by atoms with Crippen molar-refractivity contribution < 1.29 is 14.0 Å². The zero-order chi connectivity index (χ0) is 16.8. The molecule has 0 amide bonds. The van der Waals surface area contributed by atoms with Gasteiger partial charge in [-0.25, -0.2) is 4.68 Å².